The lowest BCUT2D eigenvalue weighted by atomic mass is 9.79. The topological polar surface area (TPSA) is 55.8 Å². The maximum Gasteiger partial charge on any atom is 0.308 e. The van der Waals surface area contributed by atoms with Gasteiger partial charge in [0.2, 0.25) is 0 Å². The predicted molar refractivity (Wildman–Crippen MR) is 73.8 cm³/mol. The van der Waals surface area contributed by atoms with Gasteiger partial charge in [-0.15, -0.1) is 0 Å². The molecule has 0 aliphatic heterocycles. The Morgan fingerprint density at radius 1 is 1.37 bits per heavy atom. The van der Waals surface area contributed by atoms with Crippen LogP contribution in [0, 0.1) is 11.8 Å². The first kappa shape index (κ1) is 16.4. The maximum absolute atomic E-state index is 11.6. The first-order valence-electron chi connectivity index (χ1n) is 7.43. The number of carbonyl (C=O) groups excluding carboxylic acids is 1. The van der Waals surface area contributed by atoms with E-state index in [1.807, 2.05) is 6.92 Å². The molecule has 1 N–H and O–H groups in total. The lowest BCUT2D eigenvalue weighted by molar-refractivity contribution is -0.152. The summed E-state index contributed by atoms with van der Waals surface area (Å²) in [7, 11) is 0. The second-order valence-electron chi connectivity index (χ2n) is 5.99. The van der Waals surface area contributed by atoms with E-state index in [2.05, 4.69) is 13.8 Å². The van der Waals surface area contributed by atoms with Gasteiger partial charge in [-0.3, -0.25) is 4.79 Å². The molecule has 0 heterocycles. The van der Waals surface area contributed by atoms with E-state index < -0.39 is 5.60 Å². The highest BCUT2D eigenvalue weighted by Gasteiger charge is 2.36. The van der Waals surface area contributed by atoms with Crippen LogP contribution in [0.5, 0.6) is 0 Å². The minimum Gasteiger partial charge on any atom is -0.466 e. The van der Waals surface area contributed by atoms with Gasteiger partial charge in [-0.25, -0.2) is 0 Å². The molecule has 0 spiro atoms. The van der Waals surface area contributed by atoms with Crippen LogP contribution < -0.4 is 0 Å². The summed E-state index contributed by atoms with van der Waals surface area (Å²) in [5.74, 6) is 0.454. The van der Waals surface area contributed by atoms with Crippen LogP contribution in [0.1, 0.15) is 52.9 Å². The predicted octanol–water partition coefficient (Wildman–Crippen LogP) is 2.53. The van der Waals surface area contributed by atoms with Crippen molar-refractivity contribution in [3.63, 3.8) is 0 Å². The van der Waals surface area contributed by atoms with Crippen molar-refractivity contribution >= 4 is 5.97 Å². The maximum atomic E-state index is 11.6. The molecule has 0 atom stereocenters. The average Bonchev–Trinajstić information content (AvgIpc) is 2.36. The molecule has 0 aromatic carbocycles. The highest BCUT2D eigenvalue weighted by Crippen LogP contribution is 2.33. The minimum atomic E-state index is -0.750. The first-order chi connectivity index (χ1) is 8.97. The van der Waals surface area contributed by atoms with E-state index >= 15 is 0 Å². The monoisotopic (exact) mass is 272 g/mol. The molecule has 0 aromatic heterocycles. The van der Waals surface area contributed by atoms with Crippen LogP contribution in [0.15, 0.2) is 0 Å². The molecule has 112 valence electrons. The molecule has 0 saturated heterocycles. The van der Waals surface area contributed by atoms with Gasteiger partial charge in [0.25, 0.3) is 0 Å². The number of carbonyl (C=O) groups is 1. The molecule has 1 rings (SSSR count). The molecule has 1 aliphatic carbocycles. The van der Waals surface area contributed by atoms with Crippen LogP contribution in [0.3, 0.4) is 0 Å². The second-order valence-corrected chi connectivity index (χ2v) is 5.99. The molecule has 0 unspecified atom stereocenters. The van der Waals surface area contributed by atoms with Gasteiger partial charge in [-0.2, -0.15) is 0 Å². The fraction of sp³-hybridized carbons (Fsp3) is 0.933. The van der Waals surface area contributed by atoms with Crippen LogP contribution in [-0.4, -0.2) is 36.5 Å². The van der Waals surface area contributed by atoms with E-state index in [1.54, 1.807) is 0 Å². The van der Waals surface area contributed by atoms with Crippen molar-refractivity contribution in [3.8, 4) is 0 Å². The molecule has 0 bridgehead atoms. The van der Waals surface area contributed by atoms with E-state index in [4.69, 9.17) is 9.47 Å². The number of hydrogen-bond acceptors (Lipinski definition) is 4. The minimum absolute atomic E-state index is 0.0455. The van der Waals surface area contributed by atoms with E-state index in [0.717, 1.165) is 6.42 Å². The number of ether oxygens (including phenoxy) is 2. The Morgan fingerprint density at radius 2 is 2.00 bits per heavy atom. The second kappa shape index (κ2) is 7.85. The highest BCUT2D eigenvalue weighted by molar-refractivity contribution is 5.72. The largest absolute Gasteiger partial charge is 0.466 e. The van der Waals surface area contributed by atoms with Crippen LogP contribution in [0.25, 0.3) is 0 Å². The van der Waals surface area contributed by atoms with Crippen molar-refractivity contribution in [2.75, 3.05) is 19.8 Å². The van der Waals surface area contributed by atoms with Gasteiger partial charge < -0.3 is 14.6 Å². The van der Waals surface area contributed by atoms with E-state index in [0.29, 0.717) is 51.4 Å². The lowest BCUT2D eigenvalue weighted by Crippen LogP contribution is -2.40. The molecule has 1 aliphatic rings. The zero-order valence-electron chi connectivity index (χ0n) is 12.5. The number of hydrogen-bond donors (Lipinski definition) is 1. The van der Waals surface area contributed by atoms with Gasteiger partial charge in [-0.05, 0) is 44.9 Å². The lowest BCUT2D eigenvalue weighted by Gasteiger charge is -2.34. The normalized spacial score (nSPS) is 27.5. The molecule has 4 nitrogen and oxygen atoms in total. The van der Waals surface area contributed by atoms with Crippen molar-refractivity contribution < 1.29 is 19.4 Å². The molecule has 0 radical (unpaired) electrons. The third-order valence-electron chi connectivity index (χ3n) is 3.75. The first-order valence-corrected chi connectivity index (χ1v) is 7.43. The van der Waals surface area contributed by atoms with Crippen molar-refractivity contribution in [1.82, 2.24) is 0 Å². The molecule has 1 saturated carbocycles. The Balaban J connectivity index is 2.25. The van der Waals surface area contributed by atoms with Crippen LogP contribution in [0.2, 0.25) is 0 Å². The van der Waals surface area contributed by atoms with Crippen molar-refractivity contribution in [1.29, 1.82) is 0 Å². The number of aliphatic hydroxyl groups is 1. The molecule has 19 heavy (non-hydrogen) atoms. The van der Waals surface area contributed by atoms with E-state index in [9.17, 15) is 9.90 Å². The number of esters is 1. The van der Waals surface area contributed by atoms with Gasteiger partial charge in [0.1, 0.15) is 0 Å². The van der Waals surface area contributed by atoms with E-state index in [-0.39, 0.29) is 11.9 Å². The van der Waals surface area contributed by atoms with Gasteiger partial charge in [0, 0.05) is 6.61 Å². The quantitative estimate of drug-likeness (QED) is 0.571. The SMILES string of the molecule is CCOC(=O)C1CCC(O)(COCCC(C)C)CC1. The molecule has 0 amide bonds. The smallest absolute Gasteiger partial charge is 0.308 e. The summed E-state index contributed by atoms with van der Waals surface area (Å²) in [4.78, 5) is 11.6. The molecular formula is C15H28O4. The summed E-state index contributed by atoms with van der Waals surface area (Å²) >= 11 is 0. The Kier molecular flexibility index (Phi) is 6.80. The summed E-state index contributed by atoms with van der Waals surface area (Å²) in [6.45, 7) is 7.64. The van der Waals surface area contributed by atoms with Crippen LogP contribution in [-0.2, 0) is 14.3 Å². The Morgan fingerprint density at radius 3 is 2.53 bits per heavy atom. The fourth-order valence-corrected chi connectivity index (χ4v) is 2.38. The third-order valence-corrected chi connectivity index (χ3v) is 3.75. The molecule has 1 fully saturated rings. The molecule has 0 aromatic rings. The zero-order chi connectivity index (χ0) is 14.3. The standard InChI is InChI=1S/C15H28O4/c1-4-19-14(16)13-5-8-15(17,9-6-13)11-18-10-7-12(2)3/h12-13,17H,4-11H2,1-3H3. The summed E-state index contributed by atoms with van der Waals surface area (Å²) in [6, 6.07) is 0. The zero-order valence-corrected chi connectivity index (χ0v) is 12.5. The van der Waals surface area contributed by atoms with Crippen molar-refractivity contribution in [3.05, 3.63) is 0 Å². The van der Waals surface area contributed by atoms with Crippen LogP contribution in [0.4, 0.5) is 0 Å². The summed E-state index contributed by atoms with van der Waals surface area (Å²) in [6.07, 6.45) is 3.66. The Hall–Kier alpha value is -0.610. The van der Waals surface area contributed by atoms with Gasteiger partial charge in [0.15, 0.2) is 0 Å². The summed E-state index contributed by atoms with van der Waals surface area (Å²) in [5, 5.41) is 10.4. The van der Waals surface area contributed by atoms with E-state index in [1.165, 1.54) is 0 Å². The Labute approximate surface area is 116 Å². The fourth-order valence-electron chi connectivity index (χ4n) is 2.38. The highest BCUT2D eigenvalue weighted by atomic mass is 16.5. The third kappa shape index (κ3) is 5.91. The van der Waals surface area contributed by atoms with Gasteiger partial charge in [-0.1, -0.05) is 13.8 Å². The van der Waals surface area contributed by atoms with Gasteiger partial charge in [0.05, 0.1) is 24.7 Å². The summed E-state index contributed by atoms with van der Waals surface area (Å²) < 4.78 is 10.6. The molecular weight excluding hydrogens is 244 g/mol. The van der Waals surface area contributed by atoms with Crippen LogP contribution >= 0.6 is 0 Å². The Bertz CT molecular complexity index is 267. The average molecular weight is 272 g/mol. The van der Waals surface area contributed by atoms with Crippen molar-refractivity contribution in [2.24, 2.45) is 11.8 Å². The molecule has 4 heteroatoms. The number of rotatable bonds is 7. The van der Waals surface area contributed by atoms with Crippen molar-refractivity contribution in [2.45, 2.75) is 58.5 Å². The summed E-state index contributed by atoms with van der Waals surface area (Å²) in [5.41, 5.74) is -0.750. The van der Waals surface area contributed by atoms with Gasteiger partial charge >= 0.3 is 5.97 Å².